The van der Waals surface area contributed by atoms with Gasteiger partial charge in [0.25, 0.3) is 15.9 Å². The van der Waals surface area contributed by atoms with Gasteiger partial charge in [-0.1, -0.05) is 43.1 Å². The Balaban J connectivity index is 2.16. The zero-order valence-corrected chi connectivity index (χ0v) is 16.8. The largest absolute Gasteiger partial charge is 0.278 e. The van der Waals surface area contributed by atoms with Crippen molar-refractivity contribution in [1.82, 2.24) is 5.43 Å². The monoisotopic (exact) mass is 407 g/mol. The highest BCUT2D eigenvalue weighted by Crippen LogP contribution is 2.24. The zero-order chi connectivity index (χ0) is 19.9. The molecule has 0 spiro atoms. The molecule has 27 heavy (non-hydrogen) atoms. The van der Waals surface area contributed by atoms with Crippen molar-refractivity contribution in [2.45, 2.75) is 38.0 Å². The second-order valence-corrected chi connectivity index (χ2v) is 8.09. The quantitative estimate of drug-likeness (QED) is 0.501. The van der Waals surface area contributed by atoms with E-state index in [-0.39, 0.29) is 21.2 Å². The summed E-state index contributed by atoms with van der Waals surface area (Å²) >= 11 is 6.00. The molecule has 0 fully saturated rings. The number of rotatable bonds is 8. The lowest BCUT2D eigenvalue weighted by atomic mass is 10.2. The molecule has 0 aliphatic carbocycles. The summed E-state index contributed by atoms with van der Waals surface area (Å²) in [6, 6.07) is 12.3. The first-order valence-corrected chi connectivity index (χ1v) is 10.4. The topological polar surface area (TPSA) is 87.6 Å². The number of hydrogen-bond acceptors (Lipinski definition) is 4. The minimum Gasteiger partial charge on any atom is -0.278 e. The van der Waals surface area contributed by atoms with Gasteiger partial charge in [-0.05, 0) is 50.1 Å². The number of para-hydroxylation sites is 1. The van der Waals surface area contributed by atoms with Crippen LogP contribution >= 0.6 is 11.6 Å². The fraction of sp³-hybridized carbons (Fsp3) is 0.263. The predicted molar refractivity (Wildman–Crippen MR) is 109 cm³/mol. The first-order valence-electron chi connectivity index (χ1n) is 8.54. The molecule has 0 radical (unpaired) electrons. The Morgan fingerprint density at radius 3 is 2.59 bits per heavy atom. The van der Waals surface area contributed by atoms with Crippen LogP contribution < -0.4 is 10.1 Å². The molecule has 0 aliphatic heterocycles. The van der Waals surface area contributed by atoms with Crippen molar-refractivity contribution in [2.24, 2.45) is 5.10 Å². The highest BCUT2D eigenvalue weighted by molar-refractivity contribution is 7.92. The number of halogens is 1. The lowest BCUT2D eigenvalue weighted by molar-refractivity contribution is 0.0954. The number of benzene rings is 2. The lowest BCUT2D eigenvalue weighted by Gasteiger charge is -2.10. The van der Waals surface area contributed by atoms with Gasteiger partial charge >= 0.3 is 0 Å². The fourth-order valence-corrected chi connectivity index (χ4v) is 3.62. The van der Waals surface area contributed by atoms with E-state index >= 15 is 0 Å². The third-order valence-corrected chi connectivity index (χ3v) is 5.46. The van der Waals surface area contributed by atoms with Gasteiger partial charge in [-0.15, -0.1) is 0 Å². The Morgan fingerprint density at radius 2 is 1.89 bits per heavy atom. The molecule has 2 rings (SSSR count). The average molecular weight is 408 g/mol. The summed E-state index contributed by atoms with van der Waals surface area (Å²) in [6.07, 6.45) is 2.83. The van der Waals surface area contributed by atoms with Gasteiger partial charge in [-0.3, -0.25) is 9.52 Å². The number of nitrogens with one attached hydrogen (secondary N) is 2. The summed E-state index contributed by atoms with van der Waals surface area (Å²) in [5.74, 6) is -0.472. The van der Waals surface area contributed by atoms with E-state index in [0.717, 1.165) is 25.0 Å². The molecular weight excluding hydrogens is 386 g/mol. The number of anilines is 1. The Morgan fingerprint density at radius 1 is 1.15 bits per heavy atom. The van der Waals surface area contributed by atoms with E-state index in [0.29, 0.717) is 0 Å². The number of hydrogen-bond donors (Lipinski definition) is 2. The van der Waals surface area contributed by atoms with E-state index in [9.17, 15) is 13.2 Å². The van der Waals surface area contributed by atoms with Crippen LogP contribution in [0, 0.1) is 0 Å². The molecule has 0 heterocycles. The second kappa shape index (κ2) is 9.53. The highest BCUT2D eigenvalue weighted by Gasteiger charge is 2.17. The molecule has 0 bridgehead atoms. The van der Waals surface area contributed by atoms with Crippen LogP contribution in [0.25, 0.3) is 0 Å². The molecule has 6 nitrogen and oxygen atoms in total. The number of carbonyl (C=O) groups excluding carboxylic acids is 1. The molecule has 0 saturated heterocycles. The third kappa shape index (κ3) is 6.08. The molecule has 2 aromatic carbocycles. The Bertz CT molecular complexity index is 943. The molecule has 1 amide bonds. The van der Waals surface area contributed by atoms with Crippen LogP contribution in [-0.2, 0) is 10.0 Å². The van der Waals surface area contributed by atoms with Gasteiger partial charge in [0.2, 0.25) is 0 Å². The number of unbranched alkanes of at least 4 members (excludes halogenated alkanes) is 1. The van der Waals surface area contributed by atoms with Gasteiger partial charge < -0.3 is 0 Å². The maximum absolute atomic E-state index is 12.6. The van der Waals surface area contributed by atoms with Crippen LogP contribution in [0.15, 0.2) is 58.5 Å². The summed E-state index contributed by atoms with van der Waals surface area (Å²) in [6.45, 7) is 3.92. The van der Waals surface area contributed by atoms with Gasteiger partial charge in [0.05, 0.1) is 15.6 Å². The van der Waals surface area contributed by atoms with Gasteiger partial charge in [-0.25, -0.2) is 13.8 Å². The van der Waals surface area contributed by atoms with Crippen molar-refractivity contribution in [3.63, 3.8) is 0 Å². The molecule has 144 valence electrons. The molecule has 0 atom stereocenters. The number of sulfonamides is 1. The SMILES string of the molecule is CCCC/C(C)=N\NC(=O)c1cccc(S(=O)(=O)Nc2ccccc2Cl)c1. The molecule has 2 aromatic rings. The molecule has 2 N–H and O–H groups in total. The first kappa shape index (κ1) is 20.9. The van der Waals surface area contributed by atoms with Crippen molar-refractivity contribution in [3.05, 3.63) is 59.1 Å². The normalized spacial score (nSPS) is 11.9. The Labute approximate surface area is 164 Å². The van der Waals surface area contributed by atoms with E-state index in [1.165, 1.54) is 24.3 Å². The van der Waals surface area contributed by atoms with Gasteiger partial charge in [0, 0.05) is 11.3 Å². The second-order valence-electron chi connectivity index (χ2n) is 6.00. The smallest absolute Gasteiger partial charge is 0.271 e. The number of nitrogens with zero attached hydrogens (tertiary/aromatic N) is 1. The third-order valence-electron chi connectivity index (χ3n) is 3.77. The van der Waals surface area contributed by atoms with Crippen LogP contribution in [0.2, 0.25) is 5.02 Å². The van der Waals surface area contributed by atoms with E-state index < -0.39 is 15.9 Å². The summed E-state index contributed by atoms with van der Waals surface area (Å²) < 4.78 is 27.6. The zero-order valence-electron chi connectivity index (χ0n) is 15.2. The Kier molecular flexibility index (Phi) is 7.38. The number of carbonyl (C=O) groups is 1. The van der Waals surface area contributed by atoms with Gasteiger partial charge in [0.15, 0.2) is 0 Å². The minimum atomic E-state index is -3.89. The van der Waals surface area contributed by atoms with Gasteiger partial charge in [-0.2, -0.15) is 5.10 Å². The van der Waals surface area contributed by atoms with Crippen molar-refractivity contribution in [2.75, 3.05) is 4.72 Å². The van der Waals surface area contributed by atoms with E-state index in [4.69, 9.17) is 11.6 Å². The van der Waals surface area contributed by atoms with E-state index in [1.807, 2.05) is 6.92 Å². The van der Waals surface area contributed by atoms with Gasteiger partial charge in [0.1, 0.15) is 0 Å². The number of amides is 1. The fourth-order valence-electron chi connectivity index (χ4n) is 2.25. The number of hydrazone groups is 1. The molecule has 0 aliphatic rings. The molecule has 0 saturated carbocycles. The van der Waals surface area contributed by atoms with Crippen LogP contribution in [0.5, 0.6) is 0 Å². The van der Waals surface area contributed by atoms with Crippen LogP contribution in [0.1, 0.15) is 43.5 Å². The summed E-state index contributed by atoms with van der Waals surface area (Å²) in [5.41, 5.74) is 3.74. The average Bonchev–Trinajstić information content (AvgIpc) is 2.66. The summed E-state index contributed by atoms with van der Waals surface area (Å²) in [4.78, 5) is 12.2. The maximum Gasteiger partial charge on any atom is 0.271 e. The van der Waals surface area contributed by atoms with Crippen LogP contribution in [0.4, 0.5) is 5.69 Å². The standard InChI is InChI=1S/C19H22ClN3O3S/c1-3-4-8-14(2)21-22-19(24)15-9-7-10-16(13-15)27(25,26)23-18-12-6-5-11-17(18)20/h5-7,9-13,23H,3-4,8H2,1-2H3,(H,22,24)/b21-14-. The lowest BCUT2D eigenvalue weighted by Crippen LogP contribution is -2.20. The van der Waals surface area contributed by atoms with Crippen molar-refractivity contribution in [1.29, 1.82) is 0 Å². The van der Waals surface area contributed by atoms with Crippen LogP contribution in [-0.4, -0.2) is 20.0 Å². The molecule has 0 aromatic heterocycles. The molecule has 8 heteroatoms. The summed E-state index contributed by atoms with van der Waals surface area (Å²) in [7, 11) is -3.89. The minimum absolute atomic E-state index is 0.0400. The highest BCUT2D eigenvalue weighted by atomic mass is 35.5. The van der Waals surface area contributed by atoms with Crippen molar-refractivity contribution in [3.8, 4) is 0 Å². The molecule has 0 unspecified atom stereocenters. The van der Waals surface area contributed by atoms with Crippen molar-refractivity contribution < 1.29 is 13.2 Å². The first-order chi connectivity index (χ1) is 12.8. The van der Waals surface area contributed by atoms with Crippen molar-refractivity contribution >= 4 is 38.9 Å². The van der Waals surface area contributed by atoms with E-state index in [2.05, 4.69) is 22.2 Å². The maximum atomic E-state index is 12.6. The predicted octanol–water partition coefficient (Wildman–Crippen LogP) is 4.44. The molecular formula is C19H22ClN3O3S. The summed E-state index contributed by atoms with van der Waals surface area (Å²) in [5, 5.41) is 4.33. The Hall–Kier alpha value is -2.38. The van der Waals surface area contributed by atoms with Crippen LogP contribution in [0.3, 0.4) is 0 Å². The van der Waals surface area contributed by atoms with E-state index in [1.54, 1.807) is 24.3 Å².